The number of hydrogen-bond acceptors (Lipinski definition) is 2. The van der Waals surface area contributed by atoms with Gasteiger partial charge in [0.15, 0.2) is 0 Å². The Bertz CT molecular complexity index is 518. The van der Waals surface area contributed by atoms with Gasteiger partial charge in [-0.3, -0.25) is 0 Å². The highest BCUT2D eigenvalue weighted by molar-refractivity contribution is 7.59. The van der Waals surface area contributed by atoms with E-state index in [1.807, 2.05) is 25.7 Å². The molecule has 1 amide bonds. The van der Waals surface area contributed by atoms with E-state index in [1.165, 1.54) is 24.8 Å². The van der Waals surface area contributed by atoms with Crippen LogP contribution in [0.3, 0.4) is 0 Å². The molecular formula is C18H27NO2S. The minimum absolute atomic E-state index is 0. The van der Waals surface area contributed by atoms with Crippen LogP contribution < -0.4 is 0 Å². The van der Waals surface area contributed by atoms with Gasteiger partial charge in [-0.1, -0.05) is 30.3 Å². The number of carbonyl (C=O) groups is 1. The van der Waals surface area contributed by atoms with Crippen LogP contribution in [-0.2, 0) is 4.74 Å². The number of rotatable bonds is 1. The highest BCUT2D eigenvalue weighted by atomic mass is 32.1. The minimum atomic E-state index is -0.401. The fraction of sp³-hybridized carbons (Fsp3) is 0.611. The summed E-state index contributed by atoms with van der Waals surface area (Å²) in [6.07, 6.45) is 3.52. The monoisotopic (exact) mass is 321 g/mol. The number of amides is 1. The van der Waals surface area contributed by atoms with Crippen LogP contribution >= 0.6 is 13.5 Å². The zero-order chi connectivity index (χ0) is 15.1. The van der Waals surface area contributed by atoms with Gasteiger partial charge in [0.2, 0.25) is 0 Å². The lowest BCUT2D eigenvalue weighted by Crippen LogP contribution is -2.58. The van der Waals surface area contributed by atoms with Crippen molar-refractivity contribution in [1.29, 1.82) is 0 Å². The van der Waals surface area contributed by atoms with Crippen LogP contribution in [0.1, 0.15) is 51.5 Å². The molecule has 1 atom stereocenters. The summed E-state index contributed by atoms with van der Waals surface area (Å²) in [6, 6.07) is 10.8. The van der Waals surface area contributed by atoms with E-state index in [2.05, 4.69) is 30.3 Å². The van der Waals surface area contributed by atoms with Crippen molar-refractivity contribution in [2.24, 2.45) is 5.41 Å². The summed E-state index contributed by atoms with van der Waals surface area (Å²) in [5, 5.41) is 0. The topological polar surface area (TPSA) is 29.5 Å². The van der Waals surface area contributed by atoms with Crippen LogP contribution in [0, 0.1) is 5.41 Å². The largest absolute Gasteiger partial charge is 0.444 e. The van der Waals surface area contributed by atoms with Crippen molar-refractivity contribution in [3.05, 3.63) is 35.9 Å². The molecule has 1 saturated heterocycles. The Morgan fingerprint density at radius 1 is 1.23 bits per heavy atom. The molecular weight excluding hydrogens is 294 g/mol. The third-order valence-electron chi connectivity index (χ3n) is 4.68. The maximum Gasteiger partial charge on any atom is 0.410 e. The SMILES string of the molecule is CC(C)(C)OC(=O)N1CC2(CC[C@H](c3ccccc3)C2)C1.S. The summed E-state index contributed by atoms with van der Waals surface area (Å²) in [5.41, 5.74) is 1.39. The predicted octanol–water partition coefficient (Wildman–Crippen LogP) is 4.30. The molecule has 122 valence electrons. The van der Waals surface area contributed by atoms with E-state index < -0.39 is 5.60 Å². The fourth-order valence-corrected chi connectivity index (χ4v) is 3.72. The van der Waals surface area contributed by atoms with Gasteiger partial charge >= 0.3 is 6.09 Å². The standard InChI is InChI=1S/C18H25NO2.H2S/c1-17(2,3)21-16(20)19-12-18(13-19)10-9-15(11-18)14-7-5-4-6-8-14;/h4-8,15H,9-13H2,1-3H3;1H2/t15-;/m0./s1. The smallest absolute Gasteiger partial charge is 0.410 e. The van der Waals surface area contributed by atoms with E-state index in [9.17, 15) is 4.79 Å². The Morgan fingerprint density at radius 2 is 1.86 bits per heavy atom. The van der Waals surface area contributed by atoms with Crippen LogP contribution in [0.2, 0.25) is 0 Å². The van der Waals surface area contributed by atoms with E-state index in [0.717, 1.165) is 13.1 Å². The van der Waals surface area contributed by atoms with E-state index in [-0.39, 0.29) is 19.6 Å². The molecule has 3 nitrogen and oxygen atoms in total. The summed E-state index contributed by atoms with van der Waals surface area (Å²) >= 11 is 0. The molecule has 1 aliphatic heterocycles. The molecule has 2 aliphatic rings. The molecule has 1 aromatic carbocycles. The summed E-state index contributed by atoms with van der Waals surface area (Å²) in [4.78, 5) is 13.9. The number of benzene rings is 1. The molecule has 3 rings (SSSR count). The highest BCUT2D eigenvalue weighted by Gasteiger charge is 2.50. The van der Waals surface area contributed by atoms with Crippen LogP contribution in [0.5, 0.6) is 0 Å². The summed E-state index contributed by atoms with van der Waals surface area (Å²) in [5.74, 6) is 0.659. The molecule has 2 fully saturated rings. The maximum atomic E-state index is 12.0. The summed E-state index contributed by atoms with van der Waals surface area (Å²) in [7, 11) is 0. The van der Waals surface area contributed by atoms with Crippen LogP contribution in [0.4, 0.5) is 4.79 Å². The first-order chi connectivity index (χ1) is 9.87. The molecule has 4 heteroatoms. The lowest BCUT2D eigenvalue weighted by atomic mass is 9.77. The van der Waals surface area contributed by atoms with Crippen molar-refractivity contribution in [2.45, 2.75) is 51.6 Å². The number of carbonyl (C=O) groups excluding carboxylic acids is 1. The van der Waals surface area contributed by atoms with Crippen LogP contribution in [-0.4, -0.2) is 29.7 Å². The molecule has 0 N–H and O–H groups in total. The Labute approximate surface area is 140 Å². The third-order valence-corrected chi connectivity index (χ3v) is 4.68. The van der Waals surface area contributed by atoms with Gasteiger partial charge in [0.05, 0.1) is 0 Å². The number of nitrogens with zero attached hydrogens (tertiary/aromatic N) is 1. The van der Waals surface area contributed by atoms with Gasteiger partial charge in [-0.2, -0.15) is 13.5 Å². The fourth-order valence-electron chi connectivity index (χ4n) is 3.72. The Balaban J connectivity index is 0.00000176. The van der Waals surface area contributed by atoms with Gasteiger partial charge in [-0.05, 0) is 51.5 Å². The van der Waals surface area contributed by atoms with E-state index in [1.54, 1.807) is 0 Å². The molecule has 0 bridgehead atoms. The second-order valence-electron chi connectivity index (χ2n) is 7.69. The highest BCUT2D eigenvalue weighted by Crippen LogP contribution is 2.51. The predicted molar refractivity (Wildman–Crippen MR) is 93.7 cm³/mol. The van der Waals surface area contributed by atoms with Gasteiger partial charge in [-0.15, -0.1) is 0 Å². The van der Waals surface area contributed by atoms with Crippen molar-refractivity contribution in [2.75, 3.05) is 13.1 Å². The molecule has 0 radical (unpaired) electrons. The van der Waals surface area contributed by atoms with Gasteiger partial charge in [-0.25, -0.2) is 4.79 Å². The first-order valence-electron chi connectivity index (χ1n) is 7.90. The van der Waals surface area contributed by atoms with Crippen molar-refractivity contribution in [3.8, 4) is 0 Å². The van der Waals surface area contributed by atoms with E-state index in [0.29, 0.717) is 11.3 Å². The van der Waals surface area contributed by atoms with Gasteiger partial charge in [0.1, 0.15) is 5.60 Å². The molecule has 1 aliphatic carbocycles. The number of hydrogen-bond donors (Lipinski definition) is 0. The first-order valence-corrected chi connectivity index (χ1v) is 7.90. The van der Waals surface area contributed by atoms with E-state index >= 15 is 0 Å². The Morgan fingerprint density at radius 3 is 2.45 bits per heavy atom. The molecule has 1 heterocycles. The average molecular weight is 321 g/mol. The molecule has 0 unspecified atom stereocenters. The van der Waals surface area contributed by atoms with Gasteiger partial charge < -0.3 is 9.64 Å². The zero-order valence-electron chi connectivity index (χ0n) is 13.8. The summed E-state index contributed by atoms with van der Waals surface area (Å²) < 4.78 is 5.44. The molecule has 22 heavy (non-hydrogen) atoms. The van der Waals surface area contributed by atoms with Crippen LogP contribution in [0.25, 0.3) is 0 Å². The van der Waals surface area contributed by atoms with Crippen molar-refractivity contribution in [3.63, 3.8) is 0 Å². The van der Waals surface area contributed by atoms with Crippen molar-refractivity contribution in [1.82, 2.24) is 4.90 Å². The molecule has 1 saturated carbocycles. The Kier molecular flexibility index (Phi) is 4.81. The Hall–Kier alpha value is -1.16. The van der Waals surface area contributed by atoms with Crippen LogP contribution in [0.15, 0.2) is 30.3 Å². The van der Waals surface area contributed by atoms with Gasteiger partial charge in [0.25, 0.3) is 0 Å². The zero-order valence-corrected chi connectivity index (χ0v) is 14.8. The van der Waals surface area contributed by atoms with E-state index in [4.69, 9.17) is 4.74 Å². The molecule has 0 aromatic heterocycles. The second-order valence-corrected chi connectivity index (χ2v) is 7.69. The lowest BCUT2D eigenvalue weighted by Gasteiger charge is -2.48. The molecule has 1 spiro atoms. The van der Waals surface area contributed by atoms with Gasteiger partial charge in [0, 0.05) is 18.5 Å². The third kappa shape index (κ3) is 3.60. The first kappa shape index (κ1) is 17.2. The minimum Gasteiger partial charge on any atom is -0.444 e. The number of likely N-dealkylation sites (tertiary alicyclic amines) is 1. The average Bonchev–Trinajstić information content (AvgIpc) is 2.81. The maximum absolute atomic E-state index is 12.0. The summed E-state index contributed by atoms with van der Waals surface area (Å²) in [6.45, 7) is 7.49. The van der Waals surface area contributed by atoms with Crippen molar-refractivity contribution >= 4 is 19.6 Å². The normalized spacial score (nSPS) is 22.9. The quantitative estimate of drug-likeness (QED) is 0.771. The second kappa shape index (κ2) is 6.15. The number of ether oxygens (including phenoxy) is 1. The molecule has 1 aromatic rings. The van der Waals surface area contributed by atoms with Crippen molar-refractivity contribution < 1.29 is 9.53 Å². The lowest BCUT2D eigenvalue weighted by molar-refractivity contribution is -0.0323.